The largest absolute Gasteiger partial charge is 0.464 e. The number of hydrogen-bond donors (Lipinski definition) is 0. The van der Waals surface area contributed by atoms with E-state index in [1.54, 1.807) is 17.7 Å². The lowest BCUT2D eigenvalue weighted by Gasteiger charge is -2.21. The van der Waals surface area contributed by atoms with Crippen molar-refractivity contribution >= 4 is 27.5 Å². The van der Waals surface area contributed by atoms with Crippen molar-refractivity contribution in [2.45, 2.75) is 71.0 Å². The van der Waals surface area contributed by atoms with Gasteiger partial charge in [-0.05, 0) is 63.1 Å². The average molecular weight is 412 g/mol. The molecule has 3 aromatic rings. The van der Waals surface area contributed by atoms with Gasteiger partial charge in [0.1, 0.15) is 22.9 Å². The predicted molar refractivity (Wildman–Crippen MR) is 112 cm³/mol. The Labute approximate surface area is 173 Å². The number of fused-ring (bicyclic) bond motifs is 3. The molecule has 1 fully saturated rings. The van der Waals surface area contributed by atoms with E-state index in [9.17, 15) is 9.59 Å². The summed E-state index contributed by atoms with van der Waals surface area (Å²) in [5, 5.41) is 0.738. The molecule has 7 heteroatoms. The summed E-state index contributed by atoms with van der Waals surface area (Å²) in [6.07, 6.45) is 9.03. The number of rotatable bonds is 5. The van der Waals surface area contributed by atoms with E-state index in [4.69, 9.17) is 4.42 Å². The first-order chi connectivity index (χ1) is 14.1. The van der Waals surface area contributed by atoms with Crippen molar-refractivity contribution in [3.05, 3.63) is 50.8 Å². The van der Waals surface area contributed by atoms with Crippen molar-refractivity contribution in [2.24, 2.45) is 0 Å². The minimum Gasteiger partial charge on any atom is -0.464 e. The summed E-state index contributed by atoms with van der Waals surface area (Å²) in [6.45, 7) is 2.38. The summed E-state index contributed by atoms with van der Waals surface area (Å²) in [5.41, 5.74) is 1.10. The molecule has 0 aliphatic heterocycles. The average Bonchev–Trinajstić information content (AvgIpc) is 3.42. The zero-order valence-corrected chi connectivity index (χ0v) is 17.5. The van der Waals surface area contributed by atoms with Crippen molar-refractivity contribution < 1.29 is 9.21 Å². The molecule has 3 heterocycles. The van der Waals surface area contributed by atoms with Gasteiger partial charge in [-0.3, -0.25) is 14.2 Å². The smallest absolute Gasteiger partial charge is 0.262 e. The second kappa shape index (κ2) is 7.44. The van der Waals surface area contributed by atoms with Crippen molar-refractivity contribution in [1.29, 1.82) is 0 Å². The summed E-state index contributed by atoms with van der Waals surface area (Å²) >= 11 is 1.65. The maximum atomic E-state index is 13.2. The van der Waals surface area contributed by atoms with E-state index < -0.39 is 0 Å². The van der Waals surface area contributed by atoms with Crippen LogP contribution in [-0.2, 0) is 30.7 Å². The van der Waals surface area contributed by atoms with Gasteiger partial charge in [0.25, 0.3) is 5.56 Å². The second-order valence-corrected chi connectivity index (χ2v) is 9.27. The van der Waals surface area contributed by atoms with Crippen molar-refractivity contribution in [1.82, 2.24) is 14.5 Å². The Hall–Kier alpha value is -2.41. The number of furan rings is 1. The monoisotopic (exact) mass is 411 g/mol. The zero-order valence-electron chi connectivity index (χ0n) is 16.6. The van der Waals surface area contributed by atoms with Gasteiger partial charge in [0.15, 0.2) is 0 Å². The molecule has 1 amide bonds. The van der Waals surface area contributed by atoms with Crippen LogP contribution in [0.15, 0.2) is 27.7 Å². The van der Waals surface area contributed by atoms with Gasteiger partial charge in [0, 0.05) is 10.9 Å². The molecular formula is C22H25N3O3S. The Morgan fingerprint density at radius 2 is 2.10 bits per heavy atom. The molecule has 3 aromatic heterocycles. The Bertz CT molecular complexity index is 1120. The van der Waals surface area contributed by atoms with E-state index in [-0.39, 0.29) is 24.1 Å². The Morgan fingerprint density at radius 3 is 2.86 bits per heavy atom. The van der Waals surface area contributed by atoms with Crippen LogP contribution in [0.4, 0.5) is 0 Å². The fourth-order valence-electron chi connectivity index (χ4n) is 4.25. The molecule has 152 valence electrons. The number of amides is 1. The molecule has 0 atom stereocenters. The molecule has 2 aliphatic rings. The maximum Gasteiger partial charge on any atom is 0.262 e. The van der Waals surface area contributed by atoms with Gasteiger partial charge < -0.3 is 9.32 Å². The number of carbonyl (C=O) groups excluding carboxylic acids is 1. The molecule has 1 saturated carbocycles. The normalized spacial score (nSPS) is 16.6. The highest BCUT2D eigenvalue weighted by atomic mass is 32.1. The Morgan fingerprint density at radius 1 is 1.28 bits per heavy atom. The second-order valence-electron chi connectivity index (χ2n) is 8.19. The first kappa shape index (κ1) is 18.6. The lowest BCUT2D eigenvalue weighted by molar-refractivity contribution is -0.133. The summed E-state index contributed by atoms with van der Waals surface area (Å²) in [6, 6.07) is 4.08. The predicted octanol–water partition coefficient (Wildman–Crippen LogP) is 3.82. The molecule has 0 unspecified atom stereocenters. The van der Waals surface area contributed by atoms with E-state index in [0.29, 0.717) is 6.54 Å². The minimum absolute atomic E-state index is 0.0303. The lowest BCUT2D eigenvalue weighted by Crippen LogP contribution is -2.37. The SMILES string of the molecule is Cc1ccc(CN(C(=O)Cn2cnc3sc4c(c3c2=O)CCCCC4)C2CC2)o1. The van der Waals surface area contributed by atoms with E-state index >= 15 is 0 Å². The van der Waals surface area contributed by atoms with Crippen LogP contribution in [0.3, 0.4) is 0 Å². The van der Waals surface area contributed by atoms with Crippen molar-refractivity contribution in [3.63, 3.8) is 0 Å². The van der Waals surface area contributed by atoms with Crippen LogP contribution in [0.5, 0.6) is 0 Å². The van der Waals surface area contributed by atoms with Gasteiger partial charge in [-0.1, -0.05) is 6.42 Å². The van der Waals surface area contributed by atoms with Gasteiger partial charge >= 0.3 is 0 Å². The third-order valence-corrected chi connectivity index (χ3v) is 7.13. The number of hydrogen-bond acceptors (Lipinski definition) is 5. The first-order valence-corrected chi connectivity index (χ1v) is 11.3. The highest BCUT2D eigenvalue weighted by Crippen LogP contribution is 2.33. The molecule has 0 bridgehead atoms. The lowest BCUT2D eigenvalue weighted by atomic mass is 10.1. The molecule has 0 aromatic carbocycles. The molecular weight excluding hydrogens is 386 g/mol. The molecule has 0 saturated heterocycles. The fourth-order valence-corrected chi connectivity index (χ4v) is 5.47. The molecule has 29 heavy (non-hydrogen) atoms. The molecule has 0 N–H and O–H groups in total. The van der Waals surface area contributed by atoms with E-state index in [1.807, 2.05) is 24.0 Å². The minimum atomic E-state index is -0.0765. The van der Waals surface area contributed by atoms with Gasteiger partial charge in [0.05, 0.1) is 18.3 Å². The van der Waals surface area contributed by atoms with Crippen LogP contribution in [0, 0.1) is 6.92 Å². The standard InChI is InChI=1S/C22H25N3O3S/c1-14-7-10-16(28-14)11-25(15-8-9-15)19(26)12-24-13-23-21-20(22(24)27)17-5-3-2-4-6-18(17)29-21/h7,10,13,15H,2-6,8-9,11-12H2,1H3. The summed E-state index contributed by atoms with van der Waals surface area (Å²) in [7, 11) is 0. The summed E-state index contributed by atoms with van der Waals surface area (Å²) < 4.78 is 7.16. The maximum absolute atomic E-state index is 13.2. The topological polar surface area (TPSA) is 68.3 Å². The number of aromatic nitrogens is 2. The first-order valence-electron chi connectivity index (χ1n) is 10.4. The number of thiophene rings is 1. The quantitative estimate of drug-likeness (QED) is 0.599. The molecule has 6 nitrogen and oxygen atoms in total. The number of aryl methyl sites for hydroxylation is 3. The van der Waals surface area contributed by atoms with Gasteiger partial charge in [-0.15, -0.1) is 11.3 Å². The van der Waals surface area contributed by atoms with Crippen molar-refractivity contribution in [3.8, 4) is 0 Å². The Balaban J connectivity index is 1.43. The molecule has 0 radical (unpaired) electrons. The summed E-state index contributed by atoms with van der Waals surface area (Å²) in [5.74, 6) is 1.57. The molecule has 2 aliphatic carbocycles. The van der Waals surface area contributed by atoms with Crippen molar-refractivity contribution in [2.75, 3.05) is 0 Å². The molecule has 0 spiro atoms. The third kappa shape index (κ3) is 3.64. The van der Waals surface area contributed by atoms with Crippen LogP contribution in [0.2, 0.25) is 0 Å². The van der Waals surface area contributed by atoms with Gasteiger partial charge in [-0.25, -0.2) is 4.98 Å². The van der Waals surface area contributed by atoms with Crippen LogP contribution < -0.4 is 5.56 Å². The molecule has 5 rings (SSSR count). The van der Waals surface area contributed by atoms with Gasteiger partial charge in [-0.2, -0.15) is 0 Å². The van der Waals surface area contributed by atoms with Crippen LogP contribution >= 0.6 is 11.3 Å². The highest BCUT2D eigenvalue weighted by molar-refractivity contribution is 7.18. The number of carbonyl (C=O) groups is 1. The van der Waals surface area contributed by atoms with Gasteiger partial charge in [0.2, 0.25) is 5.91 Å². The fraction of sp³-hybridized carbons (Fsp3) is 0.500. The van der Waals surface area contributed by atoms with Crippen LogP contribution in [-0.4, -0.2) is 26.4 Å². The van der Waals surface area contributed by atoms with E-state index in [2.05, 4.69) is 4.98 Å². The van der Waals surface area contributed by atoms with E-state index in [1.165, 1.54) is 27.8 Å². The van der Waals surface area contributed by atoms with E-state index in [0.717, 1.165) is 53.8 Å². The highest BCUT2D eigenvalue weighted by Gasteiger charge is 2.33. The zero-order chi connectivity index (χ0) is 20.0. The Kier molecular flexibility index (Phi) is 4.78. The third-order valence-electron chi connectivity index (χ3n) is 5.93. The van der Waals surface area contributed by atoms with Crippen LogP contribution in [0.25, 0.3) is 10.2 Å². The van der Waals surface area contributed by atoms with Crippen LogP contribution in [0.1, 0.15) is 54.1 Å². The summed E-state index contributed by atoms with van der Waals surface area (Å²) in [4.78, 5) is 34.8. The number of nitrogens with zero attached hydrogens (tertiary/aromatic N) is 3.